The van der Waals surface area contributed by atoms with Crippen LogP contribution in [0.2, 0.25) is 15.1 Å². The van der Waals surface area contributed by atoms with Gasteiger partial charge in [0.2, 0.25) is 0 Å². The van der Waals surface area contributed by atoms with Crippen molar-refractivity contribution in [1.82, 2.24) is 18.3 Å². The van der Waals surface area contributed by atoms with E-state index in [1.165, 1.54) is 71.0 Å². The molecule has 133 heavy (non-hydrogen) atoms. The van der Waals surface area contributed by atoms with E-state index < -0.39 is 108 Å². The zero-order valence-electron chi connectivity index (χ0n) is 69.3. The standard InChI is InChI=1S/3C25H16ClNO6.C25H15F2NO6/c1-31-16-10-11-18-19(13-16)27(15-7-3-2-4-8-15)24(29)20-21(28)23(25(30)33-22(18)20)32-17-9-5-6-14(26)12-17;1-31-15-11-12-16-18(13-15)27(14-7-3-2-4-8-14)24(29)20-21(28)23(25(30)33-22(16)20)32-19-10-6-5-9-17(19)26;1-31-17-11-12-18-19(13-17)27(15-5-3-2-4-6-15)24(29)20-21(28)23(25(30)33-22(18)20)32-16-9-7-14(26)8-10-16;1-32-15-8-9-16-18(12-15)28(14-5-3-2-4-6-14)24(30)20-21(29)23(25(31)34-22(16)20)33-19-10-7-13(26)11-17(19)27/h3*2-13,28H,1H3;2-12,29H,1H3. The Hall–Kier alpha value is -17.4. The third-order valence-electron chi connectivity index (χ3n) is 20.9. The van der Waals surface area contributed by atoms with Gasteiger partial charge in [0, 0.05) is 84.7 Å². The summed E-state index contributed by atoms with van der Waals surface area (Å²) in [5.74, 6) is -4.93. The summed E-state index contributed by atoms with van der Waals surface area (Å²) in [6.45, 7) is 0. The minimum Gasteiger partial charge on any atom is -0.503 e. The smallest absolute Gasteiger partial charge is 0.383 e. The lowest BCUT2D eigenvalue weighted by molar-refractivity contribution is 0.372. The maximum atomic E-state index is 14.1. The van der Waals surface area contributed by atoms with Crippen LogP contribution < -0.4 is 82.6 Å². The molecule has 0 aliphatic rings. The molecule has 20 aromatic rings. The van der Waals surface area contributed by atoms with Crippen molar-refractivity contribution in [1.29, 1.82) is 0 Å². The zero-order chi connectivity index (χ0) is 93.3. The molecule has 28 nitrogen and oxygen atoms in total. The molecular weight excluding hydrogens is 1790 g/mol. The van der Waals surface area contributed by atoms with Crippen LogP contribution in [0, 0.1) is 11.6 Å². The van der Waals surface area contributed by atoms with E-state index in [2.05, 4.69) is 0 Å². The number of rotatable bonds is 16. The van der Waals surface area contributed by atoms with E-state index in [1.807, 2.05) is 18.2 Å². The molecule has 0 spiro atoms. The number of benzene rings is 12. The van der Waals surface area contributed by atoms with E-state index >= 15 is 0 Å². The quantitative estimate of drug-likeness (QED) is 0.0653. The van der Waals surface area contributed by atoms with Gasteiger partial charge in [0.05, 0.1) is 55.5 Å². The van der Waals surface area contributed by atoms with Gasteiger partial charge in [-0.25, -0.2) is 28.0 Å². The minimum absolute atomic E-state index is 0.0456. The van der Waals surface area contributed by atoms with Gasteiger partial charge >= 0.3 is 22.5 Å². The Balaban J connectivity index is 0.000000124. The number of aromatic hydroxyl groups is 4. The Morgan fingerprint density at radius 2 is 0.579 bits per heavy atom. The molecule has 8 heterocycles. The lowest BCUT2D eigenvalue weighted by atomic mass is 10.1. The number of halogens is 5. The van der Waals surface area contributed by atoms with Crippen molar-refractivity contribution in [3.05, 3.63) is 395 Å². The molecule has 0 radical (unpaired) electrons. The first-order valence-corrected chi connectivity index (χ1v) is 40.8. The van der Waals surface area contributed by atoms with E-state index in [-0.39, 0.29) is 66.1 Å². The fraction of sp³-hybridized carbons (Fsp3) is 0.0400. The molecule has 8 aromatic heterocycles. The fourth-order valence-electron chi connectivity index (χ4n) is 14.8. The first kappa shape index (κ1) is 87.7. The van der Waals surface area contributed by atoms with Crippen molar-refractivity contribution in [2.75, 3.05) is 28.4 Å². The number of hydrogen-bond donors (Lipinski definition) is 4. The van der Waals surface area contributed by atoms with Crippen LogP contribution in [0.3, 0.4) is 0 Å². The van der Waals surface area contributed by atoms with Crippen LogP contribution in [-0.4, -0.2) is 67.1 Å². The Labute approximate surface area is 759 Å². The van der Waals surface area contributed by atoms with E-state index in [4.69, 9.17) is 90.4 Å². The Bertz CT molecular complexity index is 8590. The predicted molar refractivity (Wildman–Crippen MR) is 496 cm³/mol. The normalized spacial score (nSPS) is 11.1. The number of nitrogens with zero attached hydrogens (tertiary/aromatic N) is 4. The first-order valence-electron chi connectivity index (χ1n) is 39.7. The minimum atomic E-state index is -1.15. The number of para-hydroxylation sites is 5. The SMILES string of the molecule is COc1ccc2c3oc(=O)c(Oc4ccc(Cl)cc4)c(O)c3c(=O)n(-c3ccccc3)c2c1.COc1ccc2c3oc(=O)c(Oc4ccc(F)cc4F)c(O)c3c(=O)n(-c3ccccc3)c2c1.COc1ccc2c3oc(=O)c(Oc4cccc(Cl)c4)c(O)c3c(=O)n(-c3ccccc3)c2c1.COc1ccc2c3oc(=O)c(Oc4ccccc4Cl)c(O)c3c(=O)n(-c3ccccc3)c2c1. The monoisotopic (exact) mass is 1850 g/mol. The van der Waals surface area contributed by atoms with Crippen molar-refractivity contribution < 1.29 is 84.8 Å². The van der Waals surface area contributed by atoms with Crippen molar-refractivity contribution in [2.24, 2.45) is 0 Å². The van der Waals surface area contributed by atoms with Crippen LogP contribution in [0.15, 0.2) is 341 Å². The first-order chi connectivity index (χ1) is 64.3. The second-order valence-electron chi connectivity index (χ2n) is 28.8. The Morgan fingerprint density at radius 1 is 0.278 bits per heavy atom. The molecule has 0 atom stereocenters. The molecule has 0 amide bonds. The molecule has 0 aliphatic heterocycles. The summed E-state index contributed by atoms with van der Waals surface area (Å²) >= 11 is 18.0. The summed E-state index contributed by atoms with van der Waals surface area (Å²) in [4.78, 5) is 106. The van der Waals surface area contributed by atoms with Crippen molar-refractivity contribution in [3.63, 3.8) is 0 Å². The van der Waals surface area contributed by atoms with Gasteiger partial charge in [0.15, 0.2) is 56.9 Å². The van der Waals surface area contributed by atoms with Crippen LogP contribution in [-0.2, 0) is 0 Å². The largest absolute Gasteiger partial charge is 0.503 e. The van der Waals surface area contributed by atoms with Crippen molar-refractivity contribution in [2.45, 2.75) is 0 Å². The average molecular weight is 1850 g/mol. The van der Waals surface area contributed by atoms with E-state index in [9.17, 15) is 67.6 Å². The molecule has 0 saturated carbocycles. The van der Waals surface area contributed by atoms with Gasteiger partial charge in [0.1, 0.15) is 67.6 Å². The van der Waals surface area contributed by atoms with Crippen LogP contribution in [0.5, 0.6) is 92.0 Å². The second-order valence-corrected chi connectivity index (χ2v) is 30.1. The van der Waals surface area contributed by atoms with Gasteiger partial charge in [-0.05, 0) is 164 Å². The van der Waals surface area contributed by atoms with Gasteiger partial charge < -0.3 is 76.0 Å². The lowest BCUT2D eigenvalue weighted by Gasteiger charge is -2.15. The molecule has 0 bridgehead atoms. The molecular formula is C100H63Cl3F2N4O24. The topological polar surface area (TPSA) is 364 Å². The highest BCUT2D eigenvalue weighted by Crippen LogP contribution is 2.44. The summed E-state index contributed by atoms with van der Waals surface area (Å²) in [5, 5.41) is 45.8. The third-order valence-corrected chi connectivity index (χ3v) is 21.7. The van der Waals surface area contributed by atoms with Gasteiger partial charge in [-0.15, -0.1) is 0 Å². The maximum Gasteiger partial charge on any atom is 0.383 e. The van der Waals surface area contributed by atoms with Gasteiger partial charge in [-0.3, -0.25) is 37.4 Å². The maximum absolute atomic E-state index is 14.1. The highest BCUT2D eigenvalue weighted by Gasteiger charge is 2.31. The summed E-state index contributed by atoms with van der Waals surface area (Å²) < 4.78 is 98.0. The van der Waals surface area contributed by atoms with E-state index in [0.717, 1.165) is 12.1 Å². The van der Waals surface area contributed by atoms with Crippen LogP contribution in [0.25, 0.3) is 110 Å². The lowest BCUT2D eigenvalue weighted by Crippen LogP contribution is -2.20. The van der Waals surface area contributed by atoms with Gasteiger partial charge in [-0.2, -0.15) is 0 Å². The molecule has 662 valence electrons. The summed E-state index contributed by atoms with van der Waals surface area (Å²) in [6, 6.07) is 76.5. The molecule has 0 fully saturated rings. The number of ether oxygens (including phenoxy) is 8. The third kappa shape index (κ3) is 16.8. The number of methoxy groups -OCH3 is 4. The Morgan fingerprint density at radius 3 is 0.895 bits per heavy atom. The molecule has 4 N–H and O–H groups in total. The number of hydrogen-bond acceptors (Lipinski definition) is 24. The van der Waals surface area contributed by atoms with Crippen molar-refractivity contribution >= 4 is 122 Å². The van der Waals surface area contributed by atoms with Crippen LogP contribution in [0.4, 0.5) is 8.78 Å². The summed E-state index contributed by atoms with van der Waals surface area (Å²) in [5.41, 5.74) is -2.91. The van der Waals surface area contributed by atoms with Gasteiger partial charge in [-0.1, -0.05) is 126 Å². The number of aromatic nitrogens is 4. The number of fused-ring (bicyclic) bond motifs is 12. The second kappa shape index (κ2) is 36.8. The van der Waals surface area contributed by atoms with Crippen molar-refractivity contribution in [3.8, 4) is 115 Å². The number of pyridine rings is 4. The van der Waals surface area contributed by atoms with E-state index in [0.29, 0.717) is 105 Å². The zero-order valence-corrected chi connectivity index (χ0v) is 71.5. The van der Waals surface area contributed by atoms with E-state index in [1.54, 1.807) is 224 Å². The highest BCUT2D eigenvalue weighted by atomic mass is 35.5. The molecule has 33 heteroatoms. The molecule has 20 rings (SSSR count). The molecule has 0 aliphatic carbocycles. The molecule has 0 unspecified atom stereocenters. The highest BCUT2D eigenvalue weighted by molar-refractivity contribution is 6.32. The van der Waals surface area contributed by atoms with Gasteiger partial charge in [0.25, 0.3) is 45.2 Å². The fourth-order valence-corrected chi connectivity index (χ4v) is 15.3. The Kier molecular flexibility index (Phi) is 24.3. The summed E-state index contributed by atoms with van der Waals surface area (Å²) in [7, 11) is 6.01. The molecule has 12 aromatic carbocycles. The van der Waals surface area contributed by atoms with Crippen LogP contribution >= 0.6 is 34.8 Å². The average Bonchev–Trinajstić information content (AvgIpc) is 0.745. The predicted octanol–water partition coefficient (Wildman–Crippen LogP) is 20.7. The summed E-state index contributed by atoms with van der Waals surface area (Å²) in [6.07, 6.45) is 0. The van der Waals surface area contributed by atoms with Crippen LogP contribution in [0.1, 0.15) is 0 Å². The molecule has 0 saturated heterocycles.